The van der Waals surface area contributed by atoms with Crippen LogP contribution >= 0.6 is 23.2 Å². The molecule has 0 saturated heterocycles. The maximum atomic E-state index is 14.2. The van der Waals surface area contributed by atoms with Crippen LogP contribution in [-0.2, 0) is 26.2 Å². The quantitative estimate of drug-likeness (QED) is 0.280. The van der Waals surface area contributed by atoms with Gasteiger partial charge in [-0.15, -0.1) is 0 Å². The molecular formula is C31H37Cl2N3O6S. The summed E-state index contributed by atoms with van der Waals surface area (Å²) in [5, 5.41) is 3.49. The molecule has 0 fully saturated rings. The third kappa shape index (κ3) is 8.34. The summed E-state index contributed by atoms with van der Waals surface area (Å²) in [7, 11) is -1.38. The van der Waals surface area contributed by atoms with Crippen LogP contribution in [0, 0.1) is 6.92 Å². The Labute approximate surface area is 263 Å². The number of carbonyl (C=O) groups is 2. The zero-order chi connectivity index (χ0) is 32.1. The molecule has 0 heterocycles. The molecule has 0 bridgehead atoms. The van der Waals surface area contributed by atoms with Gasteiger partial charge >= 0.3 is 0 Å². The van der Waals surface area contributed by atoms with Crippen LogP contribution in [0.3, 0.4) is 0 Å². The van der Waals surface area contributed by atoms with E-state index in [0.29, 0.717) is 21.4 Å². The average Bonchev–Trinajstić information content (AvgIpc) is 2.94. The fourth-order valence-corrected chi connectivity index (χ4v) is 6.18. The van der Waals surface area contributed by atoms with E-state index in [1.807, 2.05) is 27.7 Å². The molecule has 3 aromatic carbocycles. The summed E-state index contributed by atoms with van der Waals surface area (Å²) in [4.78, 5) is 28.7. The molecule has 1 N–H and O–H groups in total. The number of sulfonamides is 1. The molecule has 2 amide bonds. The molecule has 0 aliphatic heterocycles. The molecule has 232 valence electrons. The maximum absolute atomic E-state index is 14.2. The summed E-state index contributed by atoms with van der Waals surface area (Å²) in [5.41, 5.74) is 0.875. The van der Waals surface area contributed by atoms with Crippen LogP contribution in [0.5, 0.6) is 11.5 Å². The number of nitrogens with zero attached hydrogens (tertiary/aromatic N) is 2. The lowest BCUT2D eigenvalue weighted by Crippen LogP contribution is -2.54. The molecule has 0 aliphatic rings. The van der Waals surface area contributed by atoms with E-state index in [4.69, 9.17) is 32.7 Å². The Morgan fingerprint density at radius 3 is 2.05 bits per heavy atom. The summed E-state index contributed by atoms with van der Waals surface area (Å²) in [6.45, 7) is 8.10. The van der Waals surface area contributed by atoms with Crippen molar-refractivity contribution in [3.63, 3.8) is 0 Å². The van der Waals surface area contributed by atoms with Crippen LogP contribution in [0.2, 0.25) is 10.0 Å². The summed E-state index contributed by atoms with van der Waals surface area (Å²) < 4.78 is 39.9. The highest BCUT2D eigenvalue weighted by molar-refractivity contribution is 7.92. The van der Waals surface area contributed by atoms with Gasteiger partial charge in [-0.3, -0.25) is 13.9 Å². The normalized spacial score (nSPS) is 12.3. The molecule has 0 spiro atoms. The highest BCUT2D eigenvalue weighted by atomic mass is 35.5. The van der Waals surface area contributed by atoms with Gasteiger partial charge in [0.1, 0.15) is 12.6 Å². The number of ether oxygens (including phenoxy) is 2. The standard InChI is InChI=1S/C31H37Cl2N3O6S/c1-20-11-14-23(15-12-20)43(39,40)36(22-13-16-27(41-6)28(17-22)42-7)19-29(37)35(21(2)30(38)34-31(3,4)5)18-24-25(32)9-8-10-26(24)33/h8-17,21H,18-19H2,1-7H3,(H,34,38)/t21-/m0/s1. The zero-order valence-corrected chi connectivity index (χ0v) is 27.6. The third-order valence-electron chi connectivity index (χ3n) is 6.60. The molecular weight excluding hydrogens is 613 g/mol. The molecule has 0 aromatic heterocycles. The third-order valence-corrected chi connectivity index (χ3v) is 9.09. The molecule has 0 radical (unpaired) electrons. The number of anilines is 1. The number of hydrogen-bond donors (Lipinski definition) is 1. The van der Waals surface area contributed by atoms with Crippen molar-refractivity contribution in [1.82, 2.24) is 10.2 Å². The second-order valence-electron chi connectivity index (χ2n) is 11.0. The molecule has 3 aromatic rings. The number of halogens is 2. The van der Waals surface area contributed by atoms with E-state index in [0.717, 1.165) is 9.87 Å². The van der Waals surface area contributed by atoms with Gasteiger partial charge < -0.3 is 19.7 Å². The predicted octanol–water partition coefficient (Wildman–Crippen LogP) is 5.85. The van der Waals surface area contributed by atoms with Crippen molar-refractivity contribution in [2.45, 2.75) is 57.6 Å². The fourth-order valence-electron chi connectivity index (χ4n) is 4.26. The number of rotatable bonds is 11. The van der Waals surface area contributed by atoms with Gasteiger partial charge in [-0.1, -0.05) is 47.0 Å². The average molecular weight is 651 g/mol. The van der Waals surface area contributed by atoms with Gasteiger partial charge in [-0.25, -0.2) is 8.42 Å². The van der Waals surface area contributed by atoms with Crippen LogP contribution in [-0.4, -0.2) is 57.5 Å². The van der Waals surface area contributed by atoms with Crippen LogP contribution in [0.25, 0.3) is 0 Å². The Morgan fingerprint density at radius 2 is 1.51 bits per heavy atom. The Morgan fingerprint density at radius 1 is 0.930 bits per heavy atom. The van der Waals surface area contributed by atoms with Gasteiger partial charge in [-0.2, -0.15) is 0 Å². The first-order valence-electron chi connectivity index (χ1n) is 13.4. The van der Waals surface area contributed by atoms with E-state index in [9.17, 15) is 18.0 Å². The smallest absolute Gasteiger partial charge is 0.264 e. The number of amides is 2. The largest absolute Gasteiger partial charge is 0.493 e. The maximum Gasteiger partial charge on any atom is 0.264 e. The second kappa shape index (κ2) is 13.9. The van der Waals surface area contributed by atoms with Crippen LogP contribution in [0.1, 0.15) is 38.8 Å². The molecule has 0 aliphatic carbocycles. The summed E-state index contributed by atoms with van der Waals surface area (Å²) in [6.07, 6.45) is 0. The van der Waals surface area contributed by atoms with Gasteiger partial charge in [0, 0.05) is 33.8 Å². The first-order chi connectivity index (χ1) is 20.1. The Bertz CT molecular complexity index is 1550. The minimum absolute atomic E-state index is 0.0140. The number of aryl methyl sites for hydroxylation is 1. The molecule has 12 heteroatoms. The molecule has 9 nitrogen and oxygen atoms in total. The van der Waals surface area contributed by atoms with Crippen molar-refractivity contribution in [3.05, 3.63) is 81.8 Å². The predicted molar refractivity (Wildman–Crippen MR) is 170 cm³/mol. The zero-order valence-electron chi connectivity index (χ0n) is 25.3. The minimum Gasteiger partial charge on any atom is -0.493 e. The van der Waals surface area contributed by atoms with E-state index in [2.05, 4.69) is 5.32 Å². The van der Waals surface area contributed by atoms with Crippen molar-refractivity contribution < 1.29 is 27.5 Å². The van der Waals surface area contributed by atoms with E-state index in [1.165, 1.54) is 43.4 Å². The lowest BCUT2D eigenvalue weighted by molar-refractivity contribution is -0.140. The van der Waals surface area contributed by atoms with Crippen molar-refractivity contribution in [2.24, 2.45) is 0 Å². The van der Waals surface area contributed by atoms with Crippen LogP contribution in [0.4, 0.5) is 5.69 Å². The number of hydrogen-bond acceptors (Lipinski definition) is 6. The van der Waals surface area contributed by atoms with Crippen LogP contribution < -0.4 is 19.1 Å². The van der Waals surface area contributed by atoms with E-state index >= 15 is 0 Å². The van der Waals surface area contributed by atoms with Gasteiger partial charge in [0.2, 0.25) is 11.8 Å². The molecule has 0 saturated carbocycles. The second-order valence-corrected chi connectivity index (χ2v) is 13.7. The molecule has 43 heavy (non-hydrogen) atoms. The molecule has 3 rings (SSSR count). The number of benzene rings is 3. The van der Waals surface area contributed by atoms with E-state index in [-0.39, 0.29) is 22.9 Å². The van der Waals surface area contributed by atoms with Crippen molar-refractivity contribution in [1.29, 1.82) is 0 Å². The lowest BCUT2D eigenvalue weighted by Gasteiger charge is -2.34. The van der Waals surface area contributed by atoms with Crippen LogP contribution in [0.15, 0.2) is 65.6 Å². The topological polar surface area (TPSA) is 105 Å². The van der Waals surface area contributed by atoms with E-state index in [1.54, 1.807) is 43.3 Å². The summed E-state index contributed by atoms with van der Waals surface area (Å²) in [6, 6.07) is 14.8. The highest BCUT2D eigenvalue weighted by Crippen LogP contribution is 2.34. The Hall–Kier alpha value is -3.47. The first-order valence-corrected chi connectivity index (χ1v) is 15.6. The SMILES string of the molecule is COc1ccc(N(CC(=O)N(Cc2c(Cl)cccc2Cl)[C@@H](C)C(=O)NC(C)(C)C)S(=O)(=O)c2ccc(C)cc2)cc1OC. The lowest BCUT2D eigenvalue weighted by atomic mass is 10.1. The molecule has 1 atom stereocenters. The number of nitrogens with one attached hydrogen (secondary N) is 1. The van der Waals surface area contributed by atoms with Gasteiger partial charge in [0.25, 0.3) is 10.0 Å². The van der Waals surface area contributed by atoms with Crippen molar-refractivity contribution in [2.75, 3.05) is 25.1 Å². The van der Waals surface area contributed by atoms with Crippen molar-refractivity contribution >= 4 is 50.7 Å². The number of methoxy groups -OCH3 is 2. The minimum atomic E-state index is -4.27. The van der Waals surface area contributed by atoms with Gasteiger partial charge in [-0.05, 0) is 71.0 Å². The highest BCUT2D eigenvalue weighted by Gasteiger charge is 2.34. The van der Waals surface area contributed by atoms with Gasteiger partial charge in [0.05, 0.1) is 24.8 Å². The fraction of sp³-hybridized carbons (Fsp3) is 0.355. The van der Waals surface area contributed by atoms with E-state index < -0.39 is 40.0 Å². The van der Waals surface area contributed by atoms with Gasteiger partial charge in [0.15, 0.2) is 11.5 Å². The summed E-state index contributed by atoms with van der Waals surface area (Å²) in [5.74, 6) is -0.428. The monoisotopic (exact) mass is 649 g/mol. The Kier molecular flexibility index (Phi) is 11.0. The first kappa shape index (κ1) is 34.0. The molecule has 0 unspecified atom stereocenters. The Balaban J connectivity index is 2.14. The summed E-state index contributed by atoms with van der Waals surface area (Å²) >= 11 is 12.9. The van der Waals surface area contributed by atoms with Crippen molar-refractivity contribution in [3.8, 4) is 11.5 Å². The number of carbonyl (C=O) groups excluding carboxylic acids is 2.